The van der Waals surface area contributed by atoms with Crippen LogP contribution < -0.4 is 0 Å². The molecule has 0 heterocycles. The summed E-state index contributed by atoms with van der Waals surface area (Å²) in [5.41, 5.74) is 0.714. The van der Waals surface area contributed by atoms with Crippen LogP contribution >= 0.6 is 7.60 Å². The lowest BCUT2D eigenvalue weighted by atomic mass is 9.82. The molecule has 0 aromatic carbocycles. The summed E-state index contributed by atoms with van der Waals surface area (Å²) in [4.78, 5) is 0. The van der Waals surface area contributed by atoms with Crippen molar-refractivity contribution in [1.29, 1.82) is 0 Å². The number of allylic oxidation sites excluding steroid dienone is 2. The summed E-state index contributed by atoms with van der Waals surface area (Å²) in [6.07, 6.45) is 15.4. The van der Waals surface area contributed by atoms with E-state index in [1.165, 1.54) is 19.1 Å². The summed E-state index contributed by atoms with van der Waals surface area (Å²) >= 11 is 0. The van der Waals surface area contributed by atoms with Gasteiger partial charge in [0.1, 0.15) is 0 Å². The van der Waals surface area contributed by atoms with Crippen LogP contribution in [0, 0.1) is 17.8 Å². The Morgan fingerprint density at radius 3 is 2.68 bits per heavy atom. The van der Waals surface area contributed by atoms with Crippen molar-refractivity contribution in [2.75, 3.05) is 13.3 Å². The Hall–Kier alpha value is -0.490. The fourth-order valence-corrected chi connectivity index (χ4v) is 6.22. The van der Waals surface area contributed by atoms with Gasteiger partial charge in [0.25, 0.3) is 0 Å². The summed E-state index contributed by atoms with van der Waals surface area (Å²) in [6, 6.07) is 0. The Bertz CT molecular complexity index is 616. The molecule has 7 heteroatoms. The zero-order valence-electron chi connectivity index (χ0n) is 16.8. The summed E-state index contributed by atoms with van der Waals surface area (Å²) in [5, 5.41) is 29.9. The lowest BCUT2D eigenvalue weighted by molar-refractivity contribution is -0.147. The highest BCUT2D eigenvalue weighted by molar-refractivity contribution is 7.53. The Morgan fingerprint density at radius 2 is 2.00 bits per heavy atom. The predicted molar refractivity (Wildman–Crippen MR) is 108 cm³/mol. The SMILES string of the molecule is COP(=O)(CCCC=C1CC2CC(O)C(C=CC3(O)CCCCC3)C2C1)OO. The van der Waals surface area contributed by atoms with Gasteiger partial charge in [-0.3, -0.25) is 4.57 Å². The second-order valence-electron chi connectivity index (χ2n) is 8.84. The maximum Gasteiger partial charge on any atom is 0.357 e. The first-order valence-corrected chi connectivity index (χ1v) is 12.4. The Morgan fingerprint density at radius 1 is 1.25 bits per heavy atom. The van der Waals surface area contributed by atoms with Crippen LogP contribution in [0.2, 0.25) is 0 Å². The van der Waals surface area contributed by atoms with Gasteiger partial charge in [-0.05, 0) is 56.8 Å². The molecule has 0 aromatic heterocycles. The van der Waals surface area contributed by atoms with E-state index in [0.29, 0.717) is 18.3 Å². The normalized spacial score (nSPS) is 36.1. The standard InChI is InChI=1S/C21H35O6P/c1-26-28(25,27-24)12-6-3-7-16-13-17-15-20(22)18(19(17)14-16)8-11-21(23)9-4-2-5-10-21/h7-8,11,17-20,22-24H,2-6,9-10,12-15H2,1H3. The fourth-order valence-electron chi connectivity index (χ4n) is 5.32. The lowest BCUT2D eigenvalue weighted by Crippen LogP contribution is -2.29. The highest BCUT2D eigenvalue weighted by atomic mass is 31.2. The van der Waals surface area contributed by atoms with Gasteiger partial charge in [-0.1, -0.05) is 43.1 Å². The molecule has 0 amide bonds. The molecule has 3 N–H and O–H groups in total. The minimum Gasteiger partial charge on any atom is -0.392 e. The Balaban J connectivity index is 1.53. The Labute approximate surface area is 168 Å². The first kappa shape index (κ1) is 22.2. The number of aliphatic hydroxyl groups is 2. The van der Waals surface area contributed by atoms with Gasteiger partial charge in [-0.25, -0.2) is 5.26 Å². The molecule has 3 fully saturated rings. The molecule has 3 saturated carbocycles. The zero-order valence-corrected chi connectivity index (χ0v) is 17.7. The lowest BCUT2D eigenvalue weighted by Gasteiger charge is -2.30. The van der Waals surface area contributed by atoms with E-state index in [1.807, 2.05) is 6.08 Å². The summed E-state index contributed by atoms with van der Waals surface area (Å²) in [5.74, 6) is 1.07. The highest BCUT2D eigenvalue weighted by Crippen LogP contribution is 2.51. The van der Waals surface area contributed by atoms with E-state index in [-0.39, 0.29) is 18.2 Å². The van der Waals surface area contributed by atoms with Gasteiger partial charge in [0, 0.05) is 13.0 Å². The van der Waals surface area contributed by atoms with Crippen LogP contribution in [0.5, 0.6) is 0 Å². The largest absolute Gasteiger partial charge is 0.392 e. The Kier molecular flexibility index (Phi) is 7.57. The molecule has 6 nitrogen and oxygen atoms in total. The van der Waals surface area contributed by atoms with E-state index >= 15 is 0 Å². The van der Waals surface area contributed by atoms with Crippen molar-refractivity contribution in [2.24, 2.45) is 17.8 Å². The molecule has 0 radical (unpaired) electrons. The number of fused-ring (bicyclic) bond motifs is 1. The number of aliphatic hydroxyl groups excluding tert-OH is 1. The van der Waals surface area contributed by atoms with Crippen molar-refractivity contribution in [1.82, 2.24) is 0 Å². The van der Waals surface area contributed by atoms with Crippen molar-refractivity contribution < 1.29 is 29.2 Å². The maximum atomic E-state index is 11.8. The van der Waals surface area contributed by atoms with E-state index < -0.39 is 13.2 Å². The van der Waals surface area contributed by atoms with E-state index in [0.717, 1.165) is 51.4 Å². The van der Waals surface area contributed by atoms with Crippen molar-refractivity contribution >= 4 is 7.60 Å². The molecular formula is C21H35O6P. The summed E-state index contributed by atoms with van der Waals surface area (Å²) in [7, 11) is -2.07. The average Bonchev–Trinajstić information content (AvgIpc) is 3.20. The molecule has 0 bridgehead atoms. The third-order valence-corrected chi connectivity index (χ3v) is 8.60. The van der Waals surface area contributed by atoms with Gasteiger partial charge < -0.3 is 14.7 Å². The van der Waals surface area contributed by atoms with Crippen LogP contribution in [0.1, 0.15) is 64.2 Å². The quantitative estimate of drug-likeness (QED) is 0.175. The number of hydrogen-bond acceptors (Lipinski definition) is 6. The van der Waals surface area contributed by atoms with E-state index in [4.69, 9.17) is 9.78 Å². The summed E-state index contributed by atoms with van der Waals surface area (Å²) in [6.45, 7) is 0. The molecule has 3 rings (SSSR count). The predicted octanol–water partition coefficient (Wildman–Crippen LogP) is 4.68. The minimum absolute atomic E-state index is 0.123. The molecule has 3 aliphatic rings. The molecular weight excluding hydrogens is 379 g/mol. The molecule has 160 valence electrons. The molecule has 3 aliphatic carbocycles. The number of hydrogen-bond donors (Lipinski definition) is 3. The van der Waals surface area contributed by atoms with Crippen LogP contribution in [-0.4, -0.2) is 40.4 Å². The second kappa shape index (κ2) is 9.55. The third kappa shape index (κ3) is 5.35. The molecule has 0 aromatic rings. The molecule has 0 saturated heterocycles. The minimum atomic E-state index is -3.35. The van der Waals surface area contributed by atoms with Crippen LogP contribution in [0.3, 0.4) is 0 Å². The third-order valence-electron chi connectivity index (χ3n) is 6.93. The van der Waals surface area contributed by atoms with E-state index in [2.05, 4.69) is 16.8 Å². The van der Waals surface area contributed by atoms with Gasteiger partial charge in [0.05, 0.1) is 17.9 Å². The van der Waals surface area contributed by atoms with Crippen LogP contribution in [0.25, 0.3) is 0 Å². The fraction of sp³-hybridized carbons (Fsp3) is 0.810. The van der Waals surface area contributed by atoms with E-state index in [1.54, 1.807) is 0 Å². The van der Waals surface area contributed by atoms with Gasteiger partial charge in [0.2, 0.25) is 0 Å². The average molecular weight is 414 g/mol. The highest BCUT2D eigenvalue weighted by Gasteiger charge is 2.45. The van der Waals surface area contributed by atoms with Crippen LogP contribution in [-0.2, 0) is 13.8 Å². The van der Waals surface area contributed by atoms with Crippen molar-refractivity contribution in [2.45, 2.75) is 75.9 Å². The van der Waals surface area contributed by atoms with Gasteiger partial charge in [-0.2, -0.15) is 4.67 Å². The van der Waals surface area contributed by atoms with Crippen molar-refractivity contribution in [3.63, 3.8) is 0 Å². The number of unbranched alkanes of at least 4 members (excludes halogenated alkanes) is 1. The first-order valence-electron chi connectivity index (χ1n) is 10.6. The van der Waals surface area contributed by atoms with Crippen LogP contribution in [0.4, 0.5) is 0 Å². The topological polar surface area (TPSA) is 96.2 Å². The van der Waals surface area contributed by atoms with Gasteiger partial charge in [-0.15, -0.1) is 0 Å². The molecule has 0 aliphatic heterocycles. The summed E-state index contributed by atoms with van der Waals surface area (Å²) < 4.78 is 20.6. The molecule has 0 spiro atoms. The maximum absolute atomic E-state index is 11.8. The van der Waals surface area contributed by atoms with Crippen LogP contribution in [0.15, 0.2) is 23.8 Å². The smallest absolute Gasteiger partial charge is 0.357 e. The van der Waals surface area contributed by atoms with Crippen molar-refractivity contribution in [3.8, 4) is 0 Å². The first-order chi connectivity index (χ1) is 13.4. The monoisotopic (exact) mass is 414 g/mol. The van der Waals surface area contributed by atoms with E-state index in [9.17, 15) is 14.8 Å². The number of rotatable bonds is 8. The zero-order chi connectivity index (χ0) is 20.2. The molecule has 5 unspecified atom stereocenters. The van der Waals surface area contributed by atoms with Gasteiger partial charge >= 0.3 is 7.60 Å². The second-order valence-corrected chi connectivity index (χ2v) is 11.0. The van der Waals surface area contributed by atoms with Gasteiger partial charge in [0.15, 0.2) is 0 Å². The molecule has 28 heavy (non-hydrogen) atoms. The molecule has 5 atom stereocenters. The van der Waals surface area contributed by atoms with Crippen molar-refractivity contribution in [3.05, 3.63) is 23.8 Å².